The normalized spacial score (nSPS) is 13.5. The molecular weight excluding hydrogens is 1300 g/mol. The molecule has 0 radical (unpaired) electrons. The molecular formula is C83H61N18OS+5. The van der Waals surface area contributed by atoms with E-state index in [-0.39, 0.29) is 0 Å². The van der Waals surface area contributed by atoms with Crippen LogP contribution in [0.5, 0.6) is 0 Å². The lowest BCUT2D eigenvalue weighted by atomic mass is 10.1. The van der Waals surface area contributed by atoms with E-state index in [9.17, 15) is 0 Å². The summed E-state index contributed by atoms with van der Waals surface area (Å²) in [6.07, 6.45) is 19.7. The van der Waals surface area contributed by atoms with Crippen molar-refractivity contribution in [2.45, 2.75) is 32.7 Å². The number of oxazole rings is 1. The Morgan fingerprint density at radius 2 is 0.796 bits per heavy atom. The second-order valence-electron chi connectivity index (χ2n) is 26.6. The second kappa shape index (κ2) is 22.0. The number of thiazole rings is 1. The number of benzene rings is 6. The number of aryl methyl sites for hydroxylation is 2. The molecule has 5 aliphatic heterocycles. The maximum absolute atomic E-state index is 7.97. The molecule has 5 aliphatic rings. The Labute approximate surface area is 594 Å². The number of nitrogens with zero attached hydrogens (tertiary/aromatic N) is 18. The van der Waals surface area contributed by atoms with Crippen LogP contribution in [0.4, 0.5) is 0 Å². The van der Waals surface area contributed by atoms with E-state index in [1.165, 1.54) is 92.7 Å². The van der Waals surface area contributed by atoms with Gasteiger partial charge in [-0.1, -0.05) is 139 Å². The van der Waals surface area contributed by atoms with E-state index in [2.05, 4.69) is 252 Å². The summed E-state index contributed by atoms with van der Waals surface area (Å²) in [5.41, 5.74) is 29.9. The maximum Gasteiger partial charge on any atom is 0.337 e. The lowest BCUT2D eigenvalue weighted by Crippen LogP contribution is -2.29. The zero-order chi connectivity index (χ0) is 70.2. The predicted molar refractivity (Wildman–Crippen MR) is 395 cm³/mol. The summed E-state index contributed by atoms with van der Waals surface area (Å²) in [7, 11) is 2.09. The van der Waals surface area contributed by atoms with E-state index in [1.807, 2.05) is 96.0 Å². The molecule has 0 unspecified atom stereocenters. The van der Waals surface area contributed by atoms with Crippen LogP contribution in [-0.4, -0.2) is 60.6 Å². The van der Waals surface area contributed by atoms with Gasteiger partial charge >= 0.3 is 5.71 Å². The molecule has 490 valence electrons. The van der Waals surface area contributed by atoms with Crippen LogP contribution in [0.3, 0.4) is 0 Å². The van der Waals surface area contributed by atoms with Crippen LogP contribution in [0.25, 0.3) is 145 Å². The Kier molecular flexibility index (Phi) is 11.6. The highest BCUT2D eigenvalue weighted by Gasteiger charge is 2.38. The molecule has 26 rings (SSSR count). The Bertz CT molecular complexity index is 7080. The van der Waals surface area contributed by atoms with Crippen LogP contribution >= 0.6 is 11.3 Å². The Morgan fingerprint density at radius 1 is 0.379 bits per heavy atom. The van der Waals surface area contributed by atoms with Gasteiger partial charge in [0.15, 0.2) is 45.3 Å². The average molecular weight is 1360 g/mol. The molecule has 0 aliphatic carbocycles. The third-order valence-corrected chi connectivity index (χ3v) is 21.9. The second-order valence-corrected chi connectivity index (χ2v) is 27.7. The van der Waals surface area contributed by atoms with Crippen LogP contribution in [0.2, 0.25) is 0 Å². The predicted octanol–water partition coefficient (Wildman–Crippen LogP) is 13.1. The largest absolute Gasteiger partial charge is 0.414 e. The fourth-order valence-electron chi connectivity index (χ4n) is 16.5. The monoisotopic (exact) mass is 1360 g/mol. The minimum Gasteiger partial charge on any atom is -0.414 e. The van der Waals surface area contributed by atoms with E-state index in [0.29, 0.717) is 11.3 Å². The summed E-state index contributed by atoms with van der Waals surface area (Å²) >= 11 is 1.80. The van der Waals surface area contributed by atoms with Crippen molar-refractivity contribution in [3.8, 4) is 62.2 Å². The van der Waals surface area contributed by atoms with Crippen molar-refractivity contribution < 1.29 is 31.4 Å². The molecule has 0 atom stereocenters. The van der Waals surface area contributed by atoms with Crippen molar-refractivity contribution >= 4 is 93.9 Å². The fraction of sp³-hybridized carbons (Fsp3) is 0.0843. The van der Waals surface area contributed by atoms with E-state index >= 15 is 0 Å². The van der Waals surface area contributed by atoms with E-state index in [1.54, 1.807) is 23.7 Å². The molecule has 0 bridgehead atoms. The molecule has 0 amide bonds. The summed E-state index contributed by atoms with van der Waals surface area (Å²) < 4.78 is 59.0. The Balaban J connectivity index is 0.0000000830. The number of para-hydroxylation sites is 1. The van der Waals surface area contributed by atoms with Gasteiger partial charge in [-0.05, 0) is 84.9 Å². The van der Waals surface area contributed by atoms with Crippen LogP contribution in [0.15, 0.2) is 279 Å². The van der Waals surface area contributed by atoms with Gasteiger partial charge in [0.25, 0.3) is 53.2 Å². The van der Waals surface area contributed by atoms with Crippen molar-refractivity contribution in [1.82, 2.24) is 60.6 Å². The topological polar surface area (TPSA) is 134 Å². The van der Waals surface area contributed by atoms with Crippen molar-refractivity contribution in [2.75, 3.05) is 0 Å². The highest BCUT2D eigenvalue weighted by molar-refractivity contribution is 7.23. The molecule has 103 heavy (non-hydrogen) atoms. The summed E-state index contributed by atoms with van der Waals surface area (Å²) in [6.45, 7) is 2.21. The van der Waals surface area contributed by atoms with Gasteiger partial charge in [0.1, 0.15) is 38.9 Å². The maximum atomic E-state index is 7.97. The van der Waals surface area contributed by atoms with Gasteiger partial charge in [0.2, 0.25) is 27.6 Å². The van der Waals surface area contributed by atoms with Gasteiger partial charge in [-0.2, -0.15) is 17.6 Å². The Morgan fingerprint density at radius 3 is 1.37 bits per heavy atom. The molecule has 21 aromatic rings. The third-order valence-electron chi connectivity index (χ3n) is 20.9. The molecule has 19 nitrogen and oxygen atoms in total. The number of fused-ring (bicyclic) bond motifs is 35. The van der Waals surface area contributed by atoms with Gasteiger partial charge in [-0.25, -0.2) is 47.8 Å². The smallest absolute Gasteiger partial charge is 0.337 e. The summed E-state index contributed by atoms with van der Waals surface area (Å²) in [6, 6.07) is 73.0. The summed E-state index contributed by atoms with van der Waals surface area (Å²) in [5.74, 6) is 2.42. The first kappa shape index (κ1) is 54.5. The van der Waals surface area contributed by atoms with Crippen LogP contribution in [0, 0.1) is 0 Å². The van der Waals surface area contributed by atoms with Gasteiger partial charge in [0.05, 0.1) is 21.5 Å². The van der Waals surface area contributed by atoms with Crippen LogP contribution < -0.4 is 22.8 Å². The highest BCUT2D eigenvalue weighted by atomic mass is 32.1. The quantitative estimate of drug-likeness (QED) is 0.150. The molecule has 0 saturated carbocycles. The molecule has 0 saturated heterocycles. The first-order chi connectivity index (χ1) is 52.1. The number of aromatic nitrogens is 18. The molecule has 15 aromatic heterocycles. The molecule has 0 N–H and O–H groups in total. The number of hydrogen-bond donors (Lipinski definition) is 0. The Hall–Kier alpha value is -13.5. The van der Waals surface area contributed by atoms with Gasteiger partial charge in [-0.3, -0.25) is 13.7 Å². The first-order valence-corrected chi connectivity index (χ1v) is 35.1. The number of hydrogen-bond acceptors (Lipinski definition) is 7. The van der Waals surface area contributed by atoms with Crippen molar-refractivity contribution in [3.63, 3.8) is 0 Å². The van der Waals surface area contributed by atoms with E-state index in [4.69, 9.17) is 8.53 Å². The zero-order valence-corrected chi connectivity index (χ0v) is 56.2. The summed E-state index contributed by atoms with van der Waals surface area (Å²) in [5, 5.41) is 0. The number of imidazole rings is 8. The number of rotatable bonds is 1. The molecule has 0 spiro atoms. The SMILES string of the molecule is Cn1c2ncccc2n2c[n+]3c(c12)-c1ccccc1C3.[2H]C([2H])([2H])n1c2ncccc2n2c[n+]3c(c12)-c1ccccc1C3.c1ccc(-n2c3ncccc3n3c[n+]4c(c23)-c2ccccc2C4)cc1.c1ccc2c(c1)C[n+]1cc3oc4cccnc4n3c1-2.c1ccc2c(c1)C[n+]1cc3sc4cccnc4n3c1-2. The first-order valence-electron chi connectivity index (χ1n) is 35.8. The molecule has 0 fully saturated rings. The van der Waals surface area contributed by atoms with Crippen molar-refractivity contribution in [3.05, 3.63) is 302 Å². The third kappa shape index (κ3) is 8.43. The average Bonchev–Trinajstić information content (AvgIpc) is 1.54. The minimum atomic E-state index is -2.29. The molecule has 6 aromatic carbocycles. The molecule has 20 heterocycles. The van der Waals surface area contributed by atoms with Gasteiger partial charge in [-0.15, -0.1) is 4.40 Å². The van der Waals surface area contributed by atoms with Crippen LogP contribution in [0.1, 0.15) is 31.9 Å². The van der Waals surface area contributed by atoms with Crippen molar-refractivity contribution in [2.24, 2.45) is 14.0 Å². The van der Waals surface area contributed by atoms with Crippen LogP contribution in [-0.2, 0) is 46.7 Å². The van der Waals surface area contributed by atoms with Crippen molar-refractivity contribution in [1.29, 1.82) is 0 Å². The van der Waals surface area contributed by atoms with E-state index in [0.717, 1.165) is 106 Å². The van der Waals surface area contributed by atoms with Gasteiger partial charge in [0, 0.05) is 93.6 Å². The lowest BCUT2D eigenvalue weighted by molar-refractivity contribution is -0.671. The highest BCUT2D eigenvalue weighted by Crippen LogP contribution is 2.39. The lowest BCUT2D eigenvalue weighted by Gasteiger charge is -2.03. The minimum absolute atomic E-state index is 0.482. The fourth-order valence-corrected chi connectivity index (χ4v) is 17.6. The molecule has 20 heteroatoms. The van der Waals surface area contributed by atoms with E-state index < -0.39 is 6.98 Å². The summed E-state index contributed by atoms with van der Waals surface area (Å²) in [4.78, 5) is 23.8. The van der Waals surface area contributed by atoms with Gasteiger partial charge < -0.3 is 4.42 Å². The standard InChI is InChI=1S/C21H15N4.2C16H13N4.C15H10N3O.C15H10N3S/c1-2-8-16(9-3-1)25-20-18(11-6-12-22-20)24-14-23-13-15-7-4-5-10-17(15)19(23)21(24)25;2*1-18-15-13(7-4-8-17-15)20-10-19-9-11-5-2-3-6-12(11)14(19)16(18)20;2*1-2-5-11-10(4-1)8-17-9-13-18(15(11)17)14-12(19-13)6-3-7-16-14/h1-12,14H,13H2;2*2-8,10H,9H2,1H3;2*1-7,9H,8H2/q5*+1/i;1D3;;;. The number of pyridine rings is 5. The zero-order valence-electron chi connectivity index (χ0n) is 58.4.